The minimum atomic E-state index is -0.0655. The van der Waals surface area contributed by atoms with E-state index in [2.05, 4.69) is 59.2 Å². The molecule has 1 aliphatic rings. The molecule has 0 aromatic heterocycles. The Morgan fingerprint density at radius 3 is 1.05 bits per heavy atom. The molecule has 4 heteroatoms. The fourth-order valence-electron chi connectivity index (χ4n) is 5.98. The van der Waals surface area contributed by atoms with Gasteiger partial charge < -0.3 is 10.6 Å². The highest BCUT2D eigenvalue weighted by atomic mass is 16.2. The molecule has 5 rings (SSSR count). The van der Waals surface area contributed by atoms with Gasteiger partial charge in [-0.3, -0.25) is 9.59 Å². The zero-order valence-corrected chi connectivity index (χ0v) is 22.9. The van der Waals surface area contributed by atoms with Crippen LogP contribution in [0.1, 0.15) is 72.6 Å². The molecule has 0 radical (unpaired) electrons. The number of benzene rings is 4. The average Bonchev–Trinajstić information content (AvgIpc) is 3.01. The van der Waals surface area contributed by atoms with E-state index in [1.165, 1.54) is 0 Å². The fourth-order valence-corrected chi connectivity index (χ4v) is 5.98. The average molecular weight is 531 g/mol. The first-order valence-electron chi connectivity index (χ1n) is 14.5. The van der Waals surface area contributed by atoms with Crippen LogP contribution in [0.2, 0.25) is 0 Å². The fraction of sp³-hybridized carbons (Fsp3) is 0.278. The van der Waals surface area contributed by atoms with Crippen LogP contribution in [0.3, 0.4) is 0 Å². The molecule has 0 aliphatic heterocycles. The third-order valence-corrected chi connectivity index (χ3v) is 8.05. The third-order valence-electron chi connectivity index (χ3n) is 8.05. The van der Waals surface area contributed by atoms with Crippen molar-refractivity contribution in [2.24, 2.45) is 0 Å². The molecule has 0 saturated heterocycles. The van der Waals surface area contributed by atoms with Crippen molar-refractivity contribution in [1.82, 2.24) is 10.6 Å². The number of nitrogens with one attached hydrogen (secondary N) is 2. The molecule has 0 bridgehead atoms. The molecular formula is C36H38N2O2. The van der Waals surface area contributed by atoms with Crippen molar-refractivity contribution in [1.29, 1.82) is 0 Å². The summed E-state index contributed by atoms with van der Waals surface area (Å²) in [5.41, 5.74) is 4.52. The Hall–Kier alpha value is -4.18. The lowest BCUT2D eigenvalue weighted by molar-refractivity contribution is -0.125. The Balaban J connectivity index is 1.25. The molecule has 2 N–H and O–H groups in total. The van der Waals surface area contributed by atoms with Crippen LogP contribution < -0.4 is 10.6 Å². The van der Waals surface area contributed by atoms with Crippen molar-refractivity contribution in [2.45, 2.75) is 62.4 Å². The number of amides is 2. The van der Waals surface area contributed by atoms with Crippen LogP contribution in [0.5, 0.6) is 0 Å². The van der Waals surface area contributed by atoms with Crippen molar-refractivity contribution >= 4 is 11.8 Å². The first-order chi connectivity index (χ1) is 19.7. The van der Waals surface area contributed by atoms with Crippen LogP contribution in [0.4, 0.5) is 0 Å². The van der Waals surface area contributed by atoms with E-state index in [0.717, 1.165) is 47.9 Å². The van der Waals surface area contributed by atoms with Gasteiger partial charge in [-0.05, 0) is 35.1 Å². The quantitative estimate of drug-likeness (QED) is 0.233. The summed E-state index contributed by atoms with van der Waals surface area (Å²) in [7, 11) is 0. The minimum Gasteiger partial charge on any atom is -0.351 e. The molecule has 0 heterocycles. The van der Waals surface area contributed by atoms with Gasteiger partial charge in [-0.15, -0.1) is 0 Å². The van der Waals surface area contributed by atoms with Crippen LogP contribution in [0, 0.1) is 0 Å². The van der Waals surface area contributed by atoms with E-state index in [-0.39, 0.29) is 35.7 Å². The highest BCUT2D eigenvalue weighted by Crippen LogP contribution is 2.30. The Labute approximate surface area is 237 Å². The standard InChI is InChI=1S/C36H38N2O2/c39-35(25-31(27-15-5-1-6-16-27)28-17-7-2-8-18-28)37-33-23-13-14-24-34(33)38-36(40)26-32(29-19-9-3-10-20-29)30-21-11-4-12-22-30/h1-12,15-22,31-34H,13-14,23-26H2,(H,37,39)(H,38,40)/t33-,34-/m1/s1. The second kappa shape index (κ2) is 13.7. The smallest absolute Gasteiger partial charge is 0.221 e. The van der Waals surface area contributed by atoms with Crippen molar-refractivity contribution in [2.75, 3.05) is 0 Å². The van der Waals surface area contributed by atoms with Gasteiger partial charge in [0.05, 0.1) is 0 Å². The van der Waals surface area contributed by atoms with E-state index in [4.69, 9.17) is 0 Å². The molecule has 1 saturated carbocycles. The van der Waals surface area contributed by atoms with Gasteiger partial charge in [0.25, 0.3) is 0 Å². The van der Waals surface area contributed by atoms with Crippen molar-refractivity contribution in [3.63, 3.8) is 0 Å². The van der Waals surface area contributed by atoms with Crippen LogP contribution >= 0.6 is 0 Å². The lowest BCUT2D eigenvalue weighted by Crippen LogP contribution is -2.53. The summed E-state index contributed by atoms with van der Waals surface area (Å²) in [6.07, 6.45) is 4.59. The minimum absolute atomic E-state index is 0.0171. The summed E-state index contributed by atoms with van der Waals surface area (Å²) in [4.78, 5) is 26.8. The molecule has 2 atom stereocenters. The largest absolute Gasteiger partial charge is 0.351 e. The van der Waals surface area contributed by atoms with Gasteiger partial charge >= 0.3 is 0 Å². The number of carbonyl (C=O) groups excluding carboxylic acids is 2. The van der Waals surface area contributed by atoms with Crippen LogP contribution in [-0.4, -0.2) is 23.9 Å². The van der Waals surface area contributed by atoms with Crippen LogP contribution in [-0.2, 0) is 9.59 Å². The summed E-state index contributed by atoms with van der Waals surface area (Å²) < 4.78 is 0. The van der Waals surface area contributed by atoms with E-state index in [9.17, 15) is 9.59 Å². The maximum Gasteiger partial charge on any atom is 0.221 e. The predicted octanol–water partition coefficient (Wildman–Crippen LogP) is 6.97. The molecule has 0 spiro atoms. The lowest BCUT2D eigenvalue weighted by atomic mass is 9.86. The highest BCUT2D eigenvalue weighted by molar-refractivity contribution is 5.79. The summed E-state index contributed by atoms with van der Waals surface area (Å²) in [6.45, 7) is 0. The van der Waals surface area contributed by atoms with Gasteiger partial charge in [-0.25, -0.2) is 0 Å². The number of hydrogen-bond donors (Lipinski definition) is 2. The van der Waals surface area contributed by atoms with Gasteiger partial charge in [0.1, 0.15) is 0 Å². The van der Waals surface area contributed by atoms with Gasteiger partial charge in [-0.2, -0.15) is 0 Å². The highest BCUT2D eigenvalue weighted by Gasteiger charge is 2.30. The molecule has 0 unspecified atom stereocenters. The second-order valence-corrected chi connectivity index (χ2v) is 10.8. The Morgan fingerprint density at radius 1 is 0.500 bits per heavy atom. The Morgan fingerprint density at radius 2 is 0.775 bits per heavy atom. The maximum absolute atomic E-state index is 13.4. The summed E-state index contributed by atoms with van der Waals surface area (Å²) in [5.74, 6) is 0.0127. The summed E-state index contributed by atoms with van der Waals surface area (Å²) >= 11 is 0. The van der Waals surface area contributed by atoms with Crippen molar-refractivity contribution in [3.8, 4) is 0 Å². The first-order valence-corrected chi connectivity index (χ1v) is 14.5. The predicted molar refractivity (Wildman–Crippen MR) is 161 cm³/mol. The Bertz CT molecular complexity index is 1160. The van der Waals surface area contributed by atoms with Crippen molar-refractivity contribution in [3.05, 3.63) is 144 Å². The van der Waals surface area contributed by atoms with Crippen LogP contribution in [0.25, 0.3) is 0 Å². The van der Waals surface area contributed by atoms with E-state index in [1.54, 1.807) is 0 Å². The van der Waals surface area contributed by atoms with E-state index in [1.807, 2.05) is 72.8 Å². The molecule has 4 aromatic carbocycles. The lowest BCUT2D eigenvalue weighted by Gasteiger charge is -2.33. The van der Waals surface area contributed by atoms with E-state index in [0.29, 0.717) is 12.8 Å². The van der Waals surface area contributed by atoms with Gasteiger partial charge in [0, 0.05) is 36.8 Å². The molecule has 1 aliphatic carbocycles. The SMILES string of the molecule is O=C(CC(c1ccccc1)c1ccccc1)N[C@@H]1CCCC[C@H]1NC(=O)CC(c1ccccc1)c1ccccc1. The van der Waals surface area contributed by atoms with E-state index < -0.39 is 0 Å². The molecule has 40 heavy (non-hydrogen) atoms. The van der Waals surface area contributed by atoms with Gasteiger partial charge in [0.2, 0.25) is 11.8 Å². The first kappa shape index (κ1) is 27.4. The maximum atomic E-state index is 13.4. The topological polar surface area (TPSA) is 58.2 Å². The molecule has 4 nitrogen and oxygen atoms in total. The third kappa shape index (κ3) is 7.26. The Kier molecular flexibility index (Phi) is 9.41. The number of rotatable bonds is 10. The molecular weight excluding hydrogens is 492 g/mol. The van der Waals surface area contributed by atoms with Crippen LogP contribution in [0.15, 0.2) is 121 Å². The van der Waals surface area contributed by atoms with Gasteiger partial charge in [0.15, 0.2) is 0 Å². The van der Waals surface area contributed by atoms with E-state index >= 15 is 0 Å². The zero-order valence-electron chi connectivity index (χ0n) is 22.9. The normalized spacial score (nSPS) is 16.9. The van der Waals surface area contributed by atoms with Crippen molar-refractivity contribution < 1.29 is 9.59 Å². The molecule has 1 fully saturated rings. The molecule has 2 amide bonds. The molecule has 4 aromatic rings. The van der Waals surface area contributed by atoms with Gasteiger partial charge in [-0.1, -0.05) is 134 Å². The molecule has 204 valence electrons. The second-order valence-electron chi connectivity index (χ2n) is 10.8. The summed E-state index contributed by atoms with van der Waals surface area (Å²) in [6, 6.07) is 40.8. The number of carbonyl (C=O) groups is 2. The monoisotopic (exact) mass is 530 g/mol. The summed E-state index contributed by atoms with van der Waals surface area (Å²) in [5, 5.41) is 6.61. The number of hydrogen-bond acceptors (Lipinski definition) is 2. The zero-order chi connectivity index (χ0) is 27.6.